The summed E-state index contributed by atoms with van der Waals surface area (Å²) < 4.78 is 29.1. The van der Waals surface area contributed by atoms with Crippen LogP contribution in [0, 0.1) is 0 Å². The Bertz CT molecular complexity index is 2960. The van der Waals surface area contributed by atoms with Crippen LogP contribution in [0.4, 0.5) is 25.8 Å². The zero-order chi connectivity index (χ0) is 42.2. The Morgan fingerprint density at radius 3 is 2.23 bits per heavy atom. The number of fused-ring (bicyclic) bond motifs is 2. The van der Waals surface area contributed by atoms with Crippen LogP contribution in [-0.2, 0) is 6.54 Å². The van der Waals surface area contributed by atoms with Crippen molar-refractivity contribution in [1.29, 1.82) is 0 Å². The normalized spacial score (nSPS) is 15.3. The van der Waals surface area contributed by atoms with Crippen LogP contribution in [0.1, 0.15) is 52.2 Å². The molecule has 8 aromatic rings. The van der Waals surface area contributed by atoms with Gasteiger partial charge in [0.05, 0.1) is 52.9 Å². The lowest BCUT2D eigenvalue weighted by atomic mass is 10.0. The molecule has 2 fully saturated rings. The molecule has 0 atom stereocenters. The minimum absolute atomic E-state index is 0.0909. The molecule has 0 bridgehead atoms. The maximum Gasteiger partial charge on any atom is 0.276 e. The molecule has 6 aromatic heterocycles. The summed E-state index contributed by atoms with van der Waals surface area (Å²) in [5, 5.41) is 35.1. The van der Waals surface area contributed by atoms with E-state index in [0.717, 1.165) is 59.4 Å². The standard InChI is InChI=1S/C44H38F2N14O2/c45-44(46)8-13-58(14-9-44)26-27-15-30(21-47-20-27)29-4-6-38-36(18-29)41(43(62)52-32-7-10-49-50-23-32)57-60(38)39-19-33(24-51-55-39)53-42(61)40-35-17-28(3-5-37(35)54-56-40)31-16-34(25-48-22-31)59-11-1-2-12-59/h3-7,10,15-25H,1-2,8-9,11-14,26H2,(H,54,56)(H,49,52,62)(H,53,55,61). The highest BCUT2D eigenvalue weighted by molar-refractivity contribution is 6.13. The van der Waals surface area contributed by atoms with Crippen LogP contribution in [0.5, 0.6) is 0 Å². The summed E-state index contributed by atoms with van der Waals surface area (Å²) in [6, 6.07) is 18.7. The average molecular weight is 833 g/mol. The molecule has 0 spiro atoms. The lowest BCUT2D eigenvalue weighted by molar-refractivity contribution is -0.0566. The van der Waals surface area contributed by atoms with E-state index in [4.69, 9.17) is 5.10 Å². The van der Waals surface area contributed by atoms with Gasteiger partial charge in [-0.15, -0.1) is 5.10 Å². The van der Waals surface area contributed by atoms with Gasteiger partial charge in [-0.05, 0) is 72.0 Å². The zero-order valence-electron chi connectivity index (χ0n) is 33.2. The summed E-state index contributed by atoms with van der Waals surface area (Å²) in [6.45, 7) is 3.09. The van der Waals surface area contributed by atoms with E-state index >= 15 is 0 Å². The number of halogens is 2. The van der Waals surface area contributed by atoms with E-state index in [1.54, 1.807) is 24.5 Å². The SMILES string of the molecule is O=C(Nc1cnnc(-n2nc(C(=O)Nc3ccnnc3)c3cc(-c4cncc(CN5CCC(F)(F)CC5)c4)ccc32)c1)c1n[nH]c2ccc(-c3cncc(N4CCCC4)c3)cc12. The largest absolute Gasteiger partial charge is 0.370 e. The number of aromatic nitrogens is 10. The highest BCUT2D eigenvalue weighted by Gasteiger charge is 2.34. The summed E-state index contributed by atoms with van der Waals surface area (Å²) in [4.78, 5) is 41.0. The molecule has 0 unspecified atom stereocenters. The van der Waals surface area contributed by atoms with Crippen LogP contribution in [0.15, 0.2) is 104 Å². The lowest BCUT2D eigenvalue weighted by Gasteiger charge is -2.31. The Morgan fingerprint density at radius 1 is 0.694 bits per heavy atom. The topological polar surface area (TPSA) is 189 Å². The summed E-state index contributed by atoms with van der Waals surface area (Å²) in [5.41, 5.74) is 7.59. The summed E-state index contributed by atoms with van der Waals surface area (Å²) in [7, 11) is 0. The molecule has 2 amide bonds. The maximum absolute atomic E-state index is 13.9. The minimum atomic E-state index is -2.63. The summed E-state index contributed by atoms with van der Waals surface area (Å²) >= 11 is 0. The van der Waals surface area contributed by atoms with Gasteiger partial charge in [0.2, 0.25) is 0 Å². The van der Waals surface area contributed by atoms with Crippen molar-refractivity contribution in [1.82, 2.24) is 55.2 Å². The molecule has 0 radical (unpaired) electrons. The van der Waals surface area contributed by atoms with Gasteiger partial charge in [0.15, 0.2) is 17.2 Å². The lowest BCUT2D eigenvalue weighted by Crippen LogP contribution is -2.38. The highest BCUT2D eigenvalue weighted by atomic mass is 19.3. The third-order valence-electron chi connectivity index (χ3n) is 11.3. The van der Waals surface area contributed by atoms with Gasteiger partial charge in [0.25, 0.3) is 17.7 Å². The Kier molecular flexibility index (Phi) is 10.0. The number of piperidine rings is 1. The van der Waals surface area contributed by atoms with Crippen molar-refractivity contribution in [2.24, 2.45) is 0 Å². The number of nitrogens with one attached hydrogen (secondary N) is 3. The number of carbonyl (C=O) groups excluding carboxylic acids is 2. The Balaban J connectivity index is 0.944. The van der Waals surface area contributed by atoms with Crippen molar-refractivity contribution < 1.29 is 18.4 Å². The molecule has 2 aliphatic heterocycles. The van der Waals surface area contributed by atoms with Crippen LogP contribution in [0.25, 0.3) is 49.9 Å². The Morgan fingerprint density at radius 2 is 1.42 bits per heavy atom. The van der Waals surface area contributed by atoms with E-state index in [9.17, 15) is 18.4 Å². The summed E-state index contributed by atoms with van der Waals surface area (Å²) in [5.74, 6) is -3.37. The van der Waals surface area contributed by atoms with E-state index in [2.05, 4.69) is 62.2 Å². The first-order valence-electron chi connectivity index (χ1n) is 20.2. The molecule has 0 saturated carbocycles. The number of likely N-dealkylation sites (tertiary alicyclic amines) is 1. The first-order chi connectivity index (χ1) is 30.2. The second-order valence-corrected chi connectivity index (χ2v) is 15.5. The number of anilines is 3. The van der Waals surface area contributed by atoms with Crippen LogP contribution in [-0.4, -0.2) is 99.2 Å². The predicted molar refractivity (Wildman–Crippen MR) is 228 cm³/mol. The van der Waals surface area contributed by atoms with Crippen molar-refractivity contribution in [3.8, 4) is 28.1 Å². The van der Waals surface area contributed by atoms with Crippen molar-refractivity contribution in [3.63, 3.8) is 0 Å². The smallest absolute Gasteiger partial charge is 0.276 e. The highest BCUT2D eigenvalue weighted by Crippen LogP contribution is 2.33. The third-order valence-corrected chi connectivity index (χ3v) is 11.3. The van der Waals surface area contributed by atoms with Gasteiger partial charge >= 0.3 is 0 Å². The first kappa shape index (κ1) is 38.6. The quantitative estimate of drug-likeness (QED) is 0.129. The number of rotatable bonds is 10. The second-order valence-electron chi connectivity index (χ2n) is 15.5. The number of alkyl halides is 2. The molecule has 10 rings (SSSR count). The van der Waals surface area contributed by atoms with E-state index in [1.807, 2.05) is 59.8 Å². The van der Waals surface area contributed by atoms with Crippen molar-refractivity contribution in [2.75, 3.05) is 41.7 Å². The van der Waals surface area contributed by atoms with Crippen molar-refractivity contribution in [2.45, 2.75) is 38.2 Å². The van der Waals surface area contributed by atoms with Crippen molar-refractivity contribution in [3.05, 3.63) is 121 Å². The number of nitrogens with zero attached hydrogens (tertiary/aromatic N) is 11. The van der Waals surface area contributed by atoms with Crippen LogP contribution >= 0.6 is 0 Å². The van der Waals surface area contributed by atoms with E-state index < -0.39 is 17.7 Å². The molecule has 2 aliphatic rings. The molecule has 8 heterocycles. The van der Waals surface area contributed by atoms with Gasteiger partial charge in [-0.3, -0.25) is 29.6 Å². The Labute approximate surface area is 352 Å². The number of benzene rings is 2. The average Bonchev–Trinajstić information content (AvgIpc) is 4.07. The molecule has 18 heteroatoms. The molecule has 310 valence electrons. The fourth-order valence-corrected chi connectivity index (χ4v) is 8.04. The van der Waals surface area contributed by atoms with E-state index in [0.29, 0.717) is 52.8 Å². The molecular weight excluding hydrogens is 795 g/mol. The fourth-order valence-electron chi connectivity index (χ4n) is 8.04. The van der Waals surface area contributed by atoms with Gasteiger partial charge in [0, 0.05) is 92.1 Å². The maximum atomic E-state index is 13.9. The fraction of sp³-hybridized carbons (Fsp3) is 0.227. The minimum Gasteiger partial charge on any atom is -0.370 e. The van der Waals surface area contributed by atoms with Crippen LogP contribution in [0.2, 0.25) is 0 Å². The number of hydrogen-bond acceptors (Lipinski definition) is 12. The number of H-pyrrole nitrogens is 1. The zero-order valence-corrected chi connectivity index (χ0v) is 33.2. The second kappa shape index (κ2) is 16.1. The van der Waals surface area contributed by atoms with Gasteiger partial charge in [0.1, 0.15) is 0 Å². The molecule has 16 nitrogen and oxygen atoms in total. The number of carbonyl (C=O) groups is 2. The van der Waals surface area contributed by atoms with Crippen LogP contribution < -0.4 is 15.5 Å². The van der Waals surface area contributed by atoms with Gasteiger partial charge in [-0.2, -0.15) is 25.5 Å². The number of hydrogen-bond donors (Lipinski definition) is 3. The predicted octanol–water partition coefficient (Wildman–Crippen LogP) is 6.94. The summed E-state index contributed by atoms with van der Waals surface area (Å²) in [6.07, 6.45) is 13.4. The van der Waals surface area contributed by atoms with E-state index in [-0.39, 0.29) is 30.0 Å². The molecule has 0 aliphatic carbocycles. The van der Waals surface area contributed by atoms with Crippen LogP contribution in [0.3, 0.4) is 0 Å². The molecule has 2 saturated heterocycles. The van der Waals surface area contributed by atoms with Crippen molar-refractivity contribution >= 4 is 50.7 Å². The molecule has 62 heavy (non-hydrogen) atoms. The number of aromatic amines is 1. The van der Waals surface area contributed by atoms with E-state index in [1.165, 1.54) is 23.3 Å². The monoisotopic (exact) mass is 832 g/mol. The van der Waals surface area contributed by atoms with Gasteiger partial charge in [-0.1, -0.05) is 12.1 Å². The molecule has 3 N–H and O–H groups in total. The molecular formula is C44H38F2N14O2. The number of pyridine rings is 2. The molecule has 2 aromatic carbocycles. The number of amides is 2. The Hall–Kier alpha value is -7.60. The third kappa shape index (κ3) is 7.90. The van der Waals surface area contributed by atoms with Gasteiger partial charge < -0.3 is 15.5 Å². The first-order valence-corrected chi connectivity index (χ1v) is 20.2. The van der Waals surface area contributed by atoms with Gasteiger partial charge in [-0.25, -0.2) is 13.5 Å².